The van der Waals surface area contributed by atoms with Crippen LogP contribution in [0.5, 0.6) is 0 Å². The van der Waals surface area contributed by atoms with Crippen LogP contribution in [0, 0.1) is 6.92 Å². The maximum atomic E-state index is 10.3. The van der Waals surface area contributed by atoms with E-state index in [0.717, 1.165) is 5.56 Å². The molecule has 0 spiro atoms. The van der Waals surface area contributed by atoms with Gasteiger partial charge < -0.3 is 5.11 Å². The molecule has 0 amide bonds. The molecule has 0 bridgehead atoms. The normalized spacial score (nSPS) is 12.5. The summed E-state index contributed by atoms with van der Waals surface area (Å²) in [4.78, 5) is 0. The SMILES string of the molecule is Cc1cc(Cl)cc(C(O)c2cc(Cl)ccc2Cl)c1. The lowest BCUT2D eigenvalue weighted by molar-refractivity contribution is 0.220. The van der Waals surface area contributed by atoms with E-state index in [1.165, 1.54) is 0 Å². The monoisotopic (exact) mass is 300 g/mol. The molecule has 0 aliphatic carbocycles. The zero-order valence-electron chi connectivity index (χ0n) is 9.62. The van der Waals surface area contributed by atoms with Gasteiger partial charge in [0.15, 0.2) is 0 Å². The zero-order chi connectivity index (χ0) is 13.3. The Labute approximate surface area is 121 Å². The van der Waals surface area contributed by atoms with Crippen molar-refractivity contribution >= 4 is 34.8 Å². The quantitative estimate of drug-likeness (QED) is 0.824. The molecule has 1 nitrogen and oxygen atoms in total. The van der Waals surface area contributed by atoms with E-state index in [9.17, 15) is 5.11 Å². The molecule has 0 aliphatic heterocycles. The van der Waals surface area contributed by atoms with E-state index >= 15 is 0 Å². The highest BCUT2D eigenvalue weighted by Crippen LogP contribution is 2.32. The van der Waals surface area contributed by atoms with Crippen molar-refractivity contribution in [2.75, 3.05) is 0 Å². The standard InChI is InChI=1S/C14H11Cl3O/c1-8-4-9(6-11(16)5-8)14(18)12-7-10(15)2-3-13(12)17/h2-7,14,18H,1H3. The van der Waals surface area contributed by atoms with Gasteiger partial charge >= 0.3 is 0 Å². The molecule has 0 saturated carbocycles. The second kappa shape index (κ2) is 5.50. The van der Waals surface area contributed by atoms with Crippen LogP contribution in [0.1, 0.15) is 22.8 Å². The van der Waals surface area contributed by atoms with Crippen LogP contribution in [0.4, 0.5) is 0 Å². The van der Waals surface area contributed by atoms with Crippen molar-refractivity contribution in [2.24, 2.45) is 0 Å². The second-order valence-corrected chi connectivity index (χ2v) is 5.41. The fourth-order valence-electron chi connectivity index (χ4n) is 1.83. The summed E-state index contributed by atoms with van der Waals surface area (Å²) in [6.45, 7) is 1.92. The third kappa shape index (κ3) is 2.99. The number of aliphatic hydroxyl groups excluding tert-OH is 1. The molecular weight excluding hydrogens is 291 g/mol. The first-order chi connectivity index (χ1) is 8.47. The molecule has 0 aliphatic rings. The van der Waals surface area contributed by atoms with Gasteiger partial charge in [-0.1, -0.05) is 40.9 Å². The Bertz CT molecular complexity index is 561. The van der Waals surface area contributed by atoms with Gasteiger partial charge in [0.25, 0.3) is 0 Å². The van der Waals surface area contributed by atoms with Gasteiger partial charge in [-0.05, 0) is 48.4 Å². The van der Waals surface area contributed by atoms with Gasteiger partial charge in [-0.25, -0.2) is 0 Å². The molecule has 2 aromatic carbocycles. The third-order valence-electron chi connectivity index (χ3n) is 2.63. The third-order valence-corrected chi connectivity index (χ3v) is 3.43. The Morgan fingerprint density at radius 1 is 0.944 bits per heavy atom. The lowest BCUT2D eigenvalue weighted by Gasteiger charge is -2.14. The van der Waals surface area contributed by atoms with Crippen molar-refractivity contribution in [3.05, 3.63) is 68.2 Å². The summed E-state index contributed by atoms with van der Waals surface area (Å²) in [5, 5.41) is 11.9. The smallest absolute Gasteiger partial charge is 0.106 e. The van der Waals surface area contributed by atoms with Crippen LogP contribution in [0.3, 0.4) is 0 Å². The van der Waals surface area contributed by atoms with E-state index < -0.39 is 6.10 Å². The Morgan fingerprint density at radius 3 is 2.33 bits per heavy atom. The van der Waals surface area contributed by atoms with Crippen LogP contribution in [0.2, 0.25) is 15.1 Å². The minimum Gasteiger partial charge on any atom is -0.384 e. The molecule has 0 radical (unpaired) electrons. The maximum Gasteiger partial charge on any atom is 0.106 e. The molecule has 1 N–H and O–H groups in total. The molecule has 0 heterocycles. The highest BCUT2D eigenvalue weighted by Gasteiger charge is 2.15. The summed E-state index contributed by atoms with van der Waals surface area (Å²) in [6, 6.07) is 10.4. The molecule has 1 atom stereocenters. The maximum absolute atomic E-state index is 10.3. The van der Waals surface area contributed by atoms with Crippen molar-refractivity contribution in [2.45, 2.75) is 13.0 Å². The Kier molecular flexibility index (Phi) is 4.18. The van der Waals surface area contributed by atoms with E-state index in [2.05, 4.69) is 0 Å². The number of rotatable bonds is 2. The van der Waals surface area contributed by atoms with Crippen molar-refractivity contribution < 1.29 is 5.11 Å². The van der Waals surface area contributed by atoms with Crippen molar-refractivity contribution in [3.63, 3.8) is 0 Å². The number of benzene rings is 2. The number of hydrogen-bond acceptors (Lipinski definition) is 1. The van der Waals surface area contributed by atoms with E-state index in [0.29, 0.717) is 26.2 Å². The first kappa shape index (κ1) is 13.7. The number of aryl methyl sites for hydroxylation is 1. The summed E-state index contributed by atoms with van der Waals surface area (Å²) >= 11 is 18.0. The number of aliphatic hydroxyl groups is 1. The summed E-state index contributed by atoms with van der Waals surface area (Å²) in [7, 11) is 0. The van der Waals surface area contributed by atoms with Gasteiger partial charge in [0.1, 0.15) is 6.10 Å². The van der Waals surface area contributed by atoms with Gasteiger partial charge in [-0.3, -0.25) is 0 Å². The predicted molar refractivity (Wildman–Crippen MR) is 76.7 cm³/mol. The summed E-state index contributed by atoms with van der Waals surface area (Å²) in [5.74, 6) is 0. The van der Waals surface area contributed by atoms with Gasteiger partial charge in [0.2, 0.25) is 0 Å². The van der Waals surface area contributed by atoms with E-state index in [1.54, 1.807) is 24.3 Å². The first-order valence-electron chi connectivity index (χ1n) is 5.37. The summed E-state index contributed by atoms with van der Waals surface area (Å²) in [5.41, 5.74) is 2.25. The second-order valence-electron chi connectivity index (χ2n) is 4.13. The van der Waals surface area contributed by atoms with Crippen LogP contribution >= 0.6 is 34.8 Å². The molecule has 2 rings (SSSR count). The Morgan fingerprint density at radius 2 is 1.67 bits per heavy atom. The highest BCUT2D eigenvalue weighted by molar-refractivity contribution is 6.33. The zero-order valence-corrected chi connectivity index (χ0v) is 11.9. The van der Waals surface area contributed by atoms with Crippen molar-refractivity contribution in [1.82, 2.24) is 0 Å². The van der Waals surface area contributed by atoms with Crippen molar-refractivity contribution in [3.8, 4) is 0 Å². The Hall–Kier alpha value is -0.730. The van der Waals surface area contributed by atoms with Crippen molar-refractivity contribution in [1.29, 1.82) is 0 Å². The van der Waals surface area contributed by atoms with Gasteiger partial charge in [-0.15, -0.1) is 0 Å². The molecule has 18 heavy (non-hydrogen) atoms. The van der Waals surface area contributed by atoms with Crippen LogP contribution in [-0.4, -0.2) is 5.11 Å². The Balaban J connectivity index is 2.47. The molecule has 94 valence electrons. The molecule has 0 fully saturated rings. The summed E-state index contributed by atoms with van der Waals surface area (Å²) in [6.07, 6.45) is -0.839. The van der Waals surface area contributed by atoms with E-state index in [-0.39, 0.29) is 0 Å². The lowest BCUT2D eigenvalue weighted by Crippen LogP contribution is -2.01. The fraction of sp³-hybridized carbons (Fsp3) is 0.143. The number of halogens is 3. The van der Waals surface area contributed by atoms with Gasteiger partial charge in [0, 0.05) is 20.6 Å². The molecule has 1 unspecified atom stereocenters. The predicted octanol–water partition coefficient (Wildman–Crippen LogP) is 5.04. The average Bonchev–Trinajstić information content (AvgIpc) is 2.30. The highest BCUT2D eigenvalue weighted by atomic mass is 35.5. The molecule has 2 aromatic rings. The minimum absolute atomic E-state index is 0.476. The van der Waals surface area contributed by atoms with Gasteiger partial charge in [0.05, 0.1) is 0 Å². The van der Waals surface area contributed by atoms with Gasteiger partial charge in [-0.2, -0.15) is 0 Å². The van der Waals surface area contributed by atoms with Crippen LogP contribution in [-0.2, 0) is 0 Å². The molecule has 4 heteroatoms. The minimum atomic E-state index is -0.839. The van der Waals surface area contributed by atoms with E-state index in [4.69, 9.17) is 34.8 Å². The number of hydrogen-bond donors (Lipinski definition) is 1. The molecule has 0 aromatic heterocycles. The van der Waals surface area contributed by atoms with Crippen LogP contribution < -0.4 is 0 Å². The topological polar surface area (TPSA) is 20.2 Å². The average molecular weight is 302 g/mol. The van der Waals surface area contributed by atoms with Crippen LogP contribution in [0.25, 0.3) is 0 Å². The molecular formula is C14H11Cl3O. The fourth-order valence-corrected chi connectivity index (χ4v) is 2.53. The first-order valence-corrected chi connectivity index (χ1v) is 6.51. The summed E-state index contributed by atoms with van der Waals surface area (Å²) < 4.78 is 0. The van der Waals surface area contributed by atoms with Crippen LogP contribution in [0.15, 0.2) is 36.4 Å². The van der Waals surface area contributed by atoms with E-state index in [1.807, 2.05) is 19.1 Å². The molecule has 0 saturated heterocycles. The lowest BCUT2D eigenvalue weighted by atomic mass is 10.00. The largest absolute Gasteiger partial charge is 0.384 e.